The van der Waals surface area contributed by atoms with Crippen molar-refractivity contribution < 1.29 is 24.2 Å². The summed E-state index contributed by atoms with van der Waals surface area (Å²) < 4.78 is 5.08. The van der Waals surface area contributed by atoms with Crippen LogP contribution >= 0.6 is 0 Å². The molecule has 0 aromatic carbocycles. The van der Waals surface area contributed by atoms with Crippen molar-refractivity contribution in [2.45, 2.75) is 52.9 Å². The fourth-order valence-electron chi connectivity index (χ4n) is 2.16. The second kappa shape index (κ2) is 7.96. The number of carboxylic acids is 1. The standard InChI is InChI=1S/C16H25NO5/c1-4-16(2,3)15(21)17-9-10-22-14(20)12-8-6-5-7-11(12)13(18)19/h4-10H2,1-3H3,(H,17,21)(H,18,19). The van der Waals surface area contributed by atoms with E-state index >= 15 is 0 Å². The highest BCUT2D eigenvalue weighted by atomic mass is 16.5. The lowest BCUT2D eigenvalue weighted by atomic mass is 9.89. The number of ether oxygens (including phenoxy) is 1. The number of carboxylic acid groups (broad SMARTS) is 1. The molecule has 0 aromatic rings. The van der Waals surface area contributed by atoms with E-state index in [2.05, 4.69) is 5.32 Å². The van der Waals surface area contributed by atoms with Crippen molar-refractivity contribution in [2.75, 3.05) is 13.2 Å². The minimum Gasteiger partial charge on any atom is -0.478 e. The third-order valence-corrected chi connectivity index (χ3v) is 4.09. The Labute approximate surface area is 130 Å². The molecular weight excluding hydrogens is 286 g/mol. The van der Waals surface area contributed by atoms with Crippen LogP contribution in [0.3, 0.4) is 0 Å². The summed E-state index contributed by atoms with van der Waals surface area (Å²) in [4.78, 5) is 34.9. The largest absolute Gasteiger partial charge is 0.478 e. The number of hydrogen-bond acceptors (Lipinski definition) is 4. The molecule has 1 rings (SSSR count). The quantitative estimate of drug-likeness (QED) is 0.554. The summed E-state index contributed by atoms with van der Waals surface area (Å²) in [5.41, 5.74) is -0.0294. The van der Waals surface area contributed by atoms with Gasteiger partial charge < -0.3 is 15.2 Å². The van der Waals surface area contributed by atoms with Gasteiger partial charge in [0.1, 0.15) is 6.61 Å². The highest BCUT2D eigenvalue weighted by molar-refractivity contribution is 5.99. The third kappa shape index (κ3) is 4.86. The molecule has 1 amide bonds. The van der Waals surface area contributed by atoms with Gasteiger partial charge in [0, 0.05) is 16.6 Å². The number of amides is 1. The second-order valence-corrected chi connectivity index (χ2v) is 6.10. The maximum Gasteiger partial charge on any atom is 0.334 e. The van der Waals surface area contributed by atoms with Crippen molar-refractivity contribution in [3.8, 4) is 0 Å². The van der Waals surface area contributed by atoms with Crippen LogP contribution in [0.2, 0.25) is 0 Å². The van der Waals surface area contributed by atoms with E-state index in [1.165, 1.54) is 0 Å². The molecule has 0 spiro atoms. The Morgan fingerprint density at radius 1 is 1.18 bits per heavy atom. The van der Waals surface area contributed by atoms with Gasteiger partial charge in [-0.15, -0.1) is 0 Å². The zero-order chi connectivity index (χ0) is 16.8. The Bertz CT molecular complexity index is 479. The molecule has 6 heteroatoms. The SMILES string of the molecule is CCC(C)(C)C(=O)NCCOC(=O)C1=C(C(=O)O)CCCC1. The van der Waals surface area contributed by atoms with Gasteiger partial charge in [0.05, 0.1) is 6.54 Å². The first kappa shape index (κ1) is 18.2. The summed E-state index contributed by atoms with van der Waals surface area (Å²) in [6, 6.07) is 0. The number of carbonyl (C=O) groups is 3. The number of rotatable bonds is 7. The van der Waals surface area contributed by atoms with Crippen molar-refractivity contribution >= 4 is 17.8 Å². The lowest BCUT2D eigenvalue weighted by molar-refractivity contribution is -0.141. The molecule has 1 aliphatic carbocycles. The van der Waals surface area contributed by atoms with E-state index in [0.29, 0.717) is 19.3 Å². The van der Waals surface area contributed by atoms with Crippen LogP contribution in [0.15, 0.2) is 11.1 Å². The Morgan fingerprint density at radius 2 is 1.77 bits per heavy atom. The average Bonchev–Trinajstić information content (AvgIpc) is 2.50. The molecule has 0 unspecified atom stereocenters. The number of esters is 1. The van der Waals surface area contributed by atoms with Crippen molar-refractivity contribution in [1.29, 1.82) is 0 Å². The van der Waals surface area contributed by atoms with Crippen LogP contribution in [-0.4, -0.2) is 36.1 Å². The number of hydrogen-bond donors (Lipinski definition) is 2. The monoisotopic (exact) mass is 311 g/mol. The summed E-state index contributed by atoms with van der Waals surface area (Å²) in [7, 11) is 0. The molecule has 0 aromatic heterocycles. The highest BCUT2D eigenvalue weighted by Crippen LogP contribution is 2.25. The minimum absolute atomic E-state index is 0.0424. The van der Waals surface area contributed by atoms with Crippen LogP contribution in [0.1, 0.15) is 52.9 Å². The number of nitrogens with one attached hydrogen (secondary N) is 1. The molecule has 2 N–H and O–H groups in total. The van der Waals surface area contributed by atoms with Crippen molar-refractivity contribution in [2.24, 2.45) is 5.41 Å². The topological polar surface area (TPSA) is 92.7 Å². The summed E-state index contributed by atoms with van der Waals surface area (Å²) in [5.74, 6) is -1.72. The molecule has 0 bridgehead atoms. The lowest BCUT2D eigenvalue weighted by Crippen LogP contribution is -2.38. The normalized spacial score (nSPS) is 15.4. The Hall–Kier alpha value is -1.85. The Morgan fingerprint density at radius 3 is 2.32 bits per heavy atom. The molecule has 0 saturated heterocycles. The highest BCUT2D eigenvalue weighted by Gasteiger charge is 2.26. The van der Waals surface area contributed by atoms with Gasteiger partial charge in [0.2, 0.25) is 5.91 Å². The Kier molecular flexibility index (Phi) is 6.59. The van der Waals surface area contributed by atoms with Gasteiger partial charge in [-0.3, -0.25) is 4.79 Å². The lowest BCUT2D eigenvalue weighted by Gasteiger charge is -2.21. The van der Waals surface area contributed by atoms with E-state index in [0.717, 1.165) is 12.8 Å². The average molecular weight is 311 g/mol. The molecular formula is C16H25NO5. The molecule has 1 aliphatic rings. The molecule has 124 valence electrons. The van der Waals surface area contributed by atoms with E-state index < -0.39 is 17.4 Å². The predicted molar refractivity (Wildman–Crippen MR) is 81.2 cm³/mol. The summed E-state index contributed by atoms with van der Waals surface area (Å²) in [5, 5.41) is 11.8. The maximum atomic E-state index is 12.0. The van der Waals surface area contributed by atoms with E-state index in [-0.39, 0.29) is 30.2 Å². The number of carbonyl (C=O) groups excluding carboxylic acids is 2. The second-order valence-electron chi connectivity index (χ2n) is 6.10. The van der Waals surface area contributed by atoms with E-state index in [9.17, 15) is 14.4 Å². The zero-order valence-electron chi connectivity index (χ0n) is 13.5. The molecule has 22 heavy (non-hydrogen) atoms. The van der Waals surface area contributed by atoms with E-state index in [1.807, 2.05) is 20.8 Å². The fourth-order valence-corrected chi connectivity index (χ4v) is 2.16. The van der Waals surface area contributed by atoms with Gasteiger partial charge in [-0.05, 0) is 32.1 Å². The van der Waals surface area contributed by atoms with Crippen LogP contribution in [0.25, 0.3) is 0 Å². The summed E-state index contributed by atoms with van der Waals surface area (Å²) in [6.45, 7) is 5.90. The van der Waals surface area contributed by atoms with Crippen LogP contribution in [0, 0.1) is 5.41 Å². The molecule has 0 aliphatic heterocycles. The maximum absolute atomic E-state index is 12.0. The third-order valence-electron chi connectivity index (χ3n) is 4.09. The van der Waals surface area contributed by atoms with E-state index in [4.69, 9.17) is 9.84 Å². The van der Waals surface area contributed by atoms with Gasteiger partial charge in [-0.2, -0.15) is 0 Å². The molecule has 6 nitrogen and oxygen atoms in total. The molecule has 0 fully saturated rings. The van der Waals surface area contributed by atoms with Crippen molar-refractivity contribution in [3.05, 3.63) is 11.1 Å². The first-order chi connectivity index (χ1) is 10.3. The first-order valence-electron chi connectivity index (χ1n) is 7.70. The Balaban J connectivity index is 2.47. The van der Waals surface area contributed by atoms with Crippen molar-refractivity contribution in [1.82, 2.24) is 5.32 Å². The van der Waals surface area contributed by atoms with Gasteiger partial charge in [0.25, 0.3) is 0 Å². The summed E-state index contributed by atoms with van der Waals surface area (Å²) in [6.07, 6.45) is 3.13. The fraction of sp³-hybridized carbons (Fsp3) is 0.688. The summed E-state index contributed by atoms with van der Waals surface area (Å²) >= 11 is 0. The number of aliphatic carboxylic acids is 1. The zero-order valence-corrected chi connectivity index (χ0v) is 13.5. The van der Waals surface area contributed by atoms with Gasteiger partial charge in [0.15, 0.2) is 0 Å². The van der Waals surface area contributed by atoms with Gasteiger partial charge in [-0.1, -0.05) is 20.8 Å². The molecule has 0 radical (unpaired) electrons. The molecule has 0 atom stereocenters. The van der Waals surface area contributed by atoms with Gasteiger partial charge >= 0.3 is 11.9 Å². The minimum atomic E-state index is -1.05. The van der Waals surface area contributed by atoms with E-state index in [1.54, 1.807) is 0 Å². The molecule has 0 heterocycles. The van der Waals surface area contributed by atoms with Gasteiger partial charge in [-0.25, -0.2) is 9.59 Å². The van der Waals surface area contributed by atoms with Crippen LogP contribution in [-0.2, 0) is 19.1 Å². The smallest absolute Gasteiger partial charge is 0.334 e. The van der Waals surface area contributed by atoms with Crippen LogP contribution < -0.4 is 5.32 Å². The van der Waals surface area contributed by atoms with Crippen LogP contribution in [0.4, 0.5) is 0 Å². The predicted octanol–water partition coefficient (Wildman–Crippen LogP) is 2.04. The first-order valence-corrected chi connectivity index (χ1v) is 7.70. The van der Waals surface area contributed by atoms with Crippen molar-refractivity contribution in [3.63, 3.8) is 0 Å². The molecule has 0 saturated carbocycles. The van der Waals surface area contributed by atoms with Crippen LogP contribution in [0.5, 0.6) is 0 Å².